The summed E-state index contributed by atoms with van der Waals surface area (Å²) < 4.78 is 0. The number of carbonyl (C=O) groups is 1. The monoisotopic (exact) mass is 368 g/mol. The first kappa shape index (κ1) is 18.1. The van der Waals surface area contributed by atoms with Gasteiger partial charge in [-0.05, 0) is 43.2 Å². The van der Waals surface area contributed by atoms with Gasteiger partial charge in [0.05, 0.1) is 17.3 Å². The number of carbonyl (C=O) groups excluding carboxylic acids is 1. The predicted octanol–water partition coefficient (Wildman–Crippen LogP) is 4.97. The number of aliphatic imine (C=N–C) groups is 2. The van der Waals surface area contributed by atoms with Gasteiger partial charge in [0.2, 0.25) is 0 Å². The van der Waals surface area contributed by atoms with E-state index in [1.807, 2.05) is 55.5 Å². The van der Waals surface area contributed by atoms with Gasteiger partial charge in [-0.2, -0.15) is 0 Å². The summed E-state index contributed by atoms with van der Waals surface area (Å²) in [6.07, 6.45) is 0.734. The number of rotatable bonds is 3. The molecule has 0 saturated heterocycles. The number of nitrogens with one attached hydrogen (secondary N) is 2. The van der Waals surface area contributed by atoms with E-state index < -0.39 is 0 Å². The van der Waals surface area contributed by atoms with Gasteiger partial charge in [-0.1, -0.05) is 42.8 Å². The lowest BCUT2D eigenvalue weighted by atomic mass is 9.91. The quantitative estimate of drug-likeness (QED) is 0.789. The van der Waals surface area contributed by atoms with Crippen LogP contribution in [0, 0.1) is 0 Å². The lowest BCUT2D eigenvalue weighted by Gasteiger charge is -2.21. The highest BCUT2D eigenvalue weighted by Crippen LogP contribution is 2.35. The van der Waals surface area contributed by atoms with Crippen LogP contribution < -0.4 is 10.6 Å². The van der Waals surface area contributed by atoms with Gasteiger partial charge in [-0.25, -0.2) is 9.79 Å². The molecule has 26 heavy (non-hydrogen) atoms. The lowest BCUT2D eigenvalue weighted by molar-refractivity contribution is 0.245. The Bertz CT molecular complexity index is 858. The van der Waals surface area contributed by atoms with Crippen LogP contribution in [-0.2, 0) is 0 Å². The fourth-order valence-corrected chi connectivity index (χ4v) is 3.06. The molecule has 1 atom stereocenters. The van der Waals surface area contributed by atoms with Crippen molar-refractivity contribution in [3.63, 3.8) is 0 Å². The van der Waals surface area contributed by atoms with E-state index in [0.717, 1.165) is 29.1 Å². The van der Waals surface area contributed by atoms with Gasteiger partial charge in [0.1, 0.15) is 5.84 Å². The van der Waals surface area contributed by atoms with Crippen molar-refractivity contribution in [2.24, 2.45) is 9.98 Å². The normalized spacial score (nSPS) is 16.0. The first-order valence-corrected chi connectivity index (χ1v) is 9.05. The van der Waals surface area contributed by atoms with Gasteiger partial charge >= 0.3 is 6.03 Å². The standard InChI is InChI=1S/C20H21ClN4O/c1-3-15-18(13-9-11-14(21)12-10-13)19(25-20(26)22-4-2)24-17-8-6-5-7-16(17)23-15/h5-12,18H,3-4H2,1-2H3,(H2,22,24,25,26). The van der Waals surface area contributed by atoms with Crippen molar-refractivity contribution in [1.82, 2.24) is 10.6 Å². The maximum Gasteiger partial charge on any atom is 0.320 e. The molecule has 1 aliphatic heterocycles. The minimum Gasteiger partial charge on any atom is -0.338 e. The maximum atomic E-state index is 12.2. The van der Waals surface area contributed by atoms with Crippen molar-refractivity contribution in [2.75, 3.05) is 6.54 Å². The van der Waals surface area contributed by atoms with Crippen molar-refractivity contribution in [3.8, 4) is 0 Å². The number of benzene rings is 2. The predicted molar refractivity (Wildman–Crippen MR) is 107 cm³/mol. The molecular weight excluding hydrogens is 348 g/mol. The Kier molecular flexibility index (Phi) is 5.68. The summed E-state index contributed by atoms with van der Waals surface area (Å²) in [6.45, 7) is 4.47. The van der Waals surface area contributed by atoms with Gasteiger partial charge in [0.15, 0.2) is 0 Å². The van der Waals surface area contributed by atoms with E-state index >= 15 is 0 Å². The molecule has 0 aliphatic carbocycles. The SMILES string of the molecule is CCNC(=O)NC1=Nc2ccccc2N=C(CC)C1c1ccc(Cl)cc1. The van der Waals surface area contributed by atoms with Crippen LogP contribution in [0.2, 0.25) is 5.02 Å². The molecular formula is C20H21ClN4O. The Morgan fingerprint density at radius 3 is 2.31 bits per heavy atom. The number of urea groups is 1. The van der Waals surface area contributed by atoms with E-state index in [4.69, 9.17) is 21.6 Å². The van der Waals surface area contributed by atoms with E-state index in [1.54, 1.807) is 0 Å². The van der Waals surface area contributed by atoms with Crippen molar-refractivity contribution in [1.29, 1.82) is 0 Å². The minimum absolute atomic E-state index is 0.243. The van der Waals surface area contributed by atoms with Crippen LogP contribution in [0.1, 0.15) is 31.7 Å². The molecule has 0 spiro atoms. The van der Waals surface area contributed by atoms with E-state index in [2.05, 4.69) is 17.6 Å². The Morgan fingerprint density at radius 2 is 1.69 bits per heavy atom. The minimum atomic E-state index is -0.278. The number of nitrogens with zero attached hydrogens (tertiary/aromatic N) is 2. The van der Waals surface area contributed by atoms with Gasteiger partial charge in [-0.3, -0.25) is 10.3 Å². The Hall–Kier alpha value is -2.66. The zero-order chi connectivity index (χ0) is 18.5. The van der Waals surface area contributed by atoms with E-state index in [0.29, 0.717) is 17.4 Å². The number of amides is 2. The Labute approximate surface area is 158 Å². The summed E-state index contributed by atoms with van der Waals surface area (Å²) in [7, 11) is 0. The third-order valence-corrected chi connectivity index (χ3v) is 4.39. The second-order valence-corrected chi connectivity index (χ2v) is 6.35. The van der Waals surface area contributed by atoms with Crippen molar-refractivity contribution in [3.05, 3.63) is 59.1 Å². The van der Waals surface area contributed by atoms with E-state index in [-0.39, 0.29) is 11.9 Å². The summed E-state index contributed by atoms with van der Waals surface area (Å²) >= 11 is 6.05. The zero-order valence-corrected chi connectivity index (χ0v) is 15.5. The zero-order valence-electron chi connectivity index (χ0n) is 14.8. The summed E-state index contributed by atoms with van der Waals surface area (Å²) in [4.78, 5) is 21.8. The molecule has 3 rings (SSSR count). The molecule has 0 bridgehead atoms. The molecule has 1 aliphatic rings. The highest BCUT2D eigenvalue weighted by molar-refractivity contribution is 6.30. The fraction of sp³-hybridized carbons (Fsp3) is 0.250. The molecule has 2 N–H and O–H groups in total. The van der Waals surface area contributed by atoms with Gasteiger partial charge in [0.25, 0.3) is 0 Å². The average molecular weight is 369 g/mol. The van der Waals surface area contributed by atoms with Crippen LogP contribution in [0.4, 0.5) is 16.2 Å². The first-order chi connectivity index (χ1) is 12.6. The van der Waals surface area contributed by atoms with Crippen LogP contribution in [0.25, 0.3) is 0 Å². The van der Waals surface area contributed by atoms with Gasteiger partial charge in [-0.15, -0.1) is 0 Å². The van der Waals surface area contributed by atoms with Crippen molar-refractivity contribution < 1.29 is 4.79 Å². The molecule has 1 heterocycles. The van der Waals surface area contributed by atoms with Gasteiger partial charge < -0.3 is 5.32 Å². The Morgan fingerprint density at radius 1 is 1.04 bits per heavy atom. The molecule has 2 amide bonds. The third-order valence-electron chi connectivity index (χ3n) is 4.14. The van der Waals surface area contributed by atoms with Crippen LogP contribution >= 0.6 is 11.6 Å². The van der Waals surface area contributed by atoms with Crippen molar-refractivity contribution in [2.45, 2.75) is 26.2 Å². The van der Waals surface area contributed by atoms with Crippen LogP contribution in [0.15, 0.2) is 58.5 Å². The summed E-state index contributed by atoms with van der Waals surface area (Å²) in [6, 6.07) is 15.0. The molecule has 2 aromatic rings. The number of amidine groups is 1. The number of hydrogen-bond donors (Lipinski definition) is 2. The largest absolute Gasteiger partial charge is 0.338 e. The number of hydrogen-bond acceptors (Lipinski definition) is 3. The number of fused-ring (bicyclic) bond motifs is 1. The lowest BCUT2D eigenvalue weighted by Crippen LogP contribution is -2.43. The molecule has 0 aromatic heterocycles. The summed E-state index contributed by atoms with van der Waals surface area (Å²) in [5.41, 5.74) is 3.46. The molecule has 2 aromatic carbocycles. The van der Waals surface area contributed by atoms with Crippen LogP contribution in [0.5, 0.6) is 0 Å². The second-order valence-electron chi connectivity index (χ2n) is 5.91. The van der Waals surface area contributed by atoms with E-state index in [1.165, 1.54) is 0 Å². The van der Waals surface area contributed by atoms with E-state index in [9.17, 15) is 4.79 Å². The average Bonchev–Trinajstić information content (AvgIpc) is 2.79. The second kappa shape index (κ2) is 8.15. The van der Waals surface area contributed by atoms with Crippen LogP contribution in [0.3, 0.4) is 0 Å². The molecule has 0 fully saturated rings. The first-order valence-electron chi connectivity index (χ1n) is 8.67. The number of halogens is 1. The van der Waals surface area contributed by atoms with Crippen LogP contribution in [-0.4, -0.2) is 24.1 Å². The summed E-state index contributed by atoms with van der Waals surface area (Å²) in [5, 5.41) is 6.34. The molecule has 5 nitrogen and oxygen atoms in total. The molecule has 0 saturated carbocycles. The molecule has 6 heteroatoms. The van der Waals surface area contributed by atoms with Crippen molar-refractivity contribution >= 4 is 40.6 Å². The fourth-order valence-electron chi connectivity index (χ4n) is 2.93. The third kappa shape index (κ3) is 3.94. The molecule has 1 unspecified atom stereocenters. The Balaban J connectivity index is 2.13. The topological polar surface area (TPSA) is 65.8 Å². The molecule has 0 radical (unpaired) electrons. The highest BCUT2D eigenvalue weighted by atomic mass is 35.5. The maximum absolute atomic E-state index is 12.2. The smallest absolute Gasteiger partial charge is 0.320 e. The molecule has 134 valence electrons. The van der Waals surface area contributed by atoms with Gasteiger partial charge in [0, 0.05) is 17.3 Å². The highest BCUT2D eigenvalue weighted by Gasteiger charge is 2.27. The summed E-state index contributed by atoms with van der Waals surface area (Å²) in [5.74, 6) is 0.316. The number of para-hydroxylation sites is 2.